The Balaban J connectivity index is 1.11. The lowest BCUT2D eigenvalue weighted by molar-refractivity contribution is -0.370. The van der Waals surface area contributed by atoms with Crippen LogP contribution >= 0.6 is 0 Å². The third-order valence-electron chi connectivity index (χ3n) is 11.4. The van der Waals surface area contributed by atoms with Crippen molar-refractivity contribution < 1.29 is 52.8 Å². The average molecular weight is 883 g/mol. The zero-order valence-electron chi connectivity index (χ0n) is 36.3. The molecule has 8 rings (SSSR count). The summed E-state index contributed by atoms with van der Waals surface area (Å²) in [5.74, 6) is 0. The summed E-state index contributed by atoms with van der Waals surface area (Å²) in [6.07, 6.45) is -10.5. The van der Waals surface area contributed by atoms with E-state index in [0.29, 0.717) is 6.61 Å². The molecule has 2 N–H and O–H groups in total. The van der Waals surface area contributed by atoms with Crippen LogP contribution in [-0.2, 0) is 82.3 Å². The molecule has 6 aromatic carbocycles. The summed E-state index contributed by atoms with van der Waals surface area (Å²) >= 11 is 0. The average Bonchev–Trinajstić information content (AvgIpc) is 3.35. The van der Waals surface area contributed by atoms with E-state index in [2.05, 4.69) is 0 Å². The van der Waals surface area contributed by atoms with Crippen LogP contribution in [0.5, 0.6) is 0 Å². The first kappa shape index (κ1) is 46.4. The minimum absolute atomic E-state index is 0.0103. The van der Waals surface area contributed by atoms with E-state index in [0.717, 1.165) is 33.4 Å². The second-order valence-corrected chi connectivity index (χ2v) is 16.2. The Morgan fingerprint density at radius 3 is 1.06 bits per heavy atom. The Morgan fingerprint density at radius 2 is 0.662 bits per heavy atom. The van der Waals surface area contributed by atoms with Crippen LogP contribution in [0.1, 0.15) is 33.4 Å². The Kier molecular flexibility index (Phi) is 17.4. The molecule has 340 valence electrons. The van der Waals surface area contributed by atoms with Crippen LogP contribution in [0.3, 0.4) is 0 Å². The second-order valence-electron chi connectivity index (χ2n) is 16.2. The number of benzene rings is 6. The maximum Gasteiger partial charge on any atom is 0.187 e. The molecular formula is C54H58O11. The summed E-state index contributed by atoms with van der Waals surface area (Å²) in [5, 5.41) is 24.3. The highest BCUT2D eigenvalue weighted by atomic mass is 16.7. The van der Waals surface area contributed by atoms with E-state index < -0.39 is 61.4 Å². The van der Waals surface area contributed by atoms with Crippen LogP contribution in [0, 0.1) is 0 Å². The maximum absolute atomic E-state index is 12.5. The van der Waals surface area contributed by atoms with Gasteiger partial charge >= 0.3 is 0 Å². The lowest BCUT2D eigenvalue weighted by Gasteiger charge is -2.49. The molecule has 2 fully saturated rings. The van der Waals surface area contributed by atoms with Crippen LogP contribution in [0.4, 0.5) is 0 Å². The standard InChI is InChI=1S/C54H58O11/c55-47-50(60-34-42-25-13-4-14-26-42)48(59-33-41-23-11-3-12-24-41)45(37-57-31-39-19-7-1-8-20-39)64-54(47)65-49-46(38-58-32-40-21-9-2-10-22-40)63-53(56)52(62-36-44-29-17-6-18-30-44)51(49)61-35-43-27-15-5-16-28-43/h1-30,45-56H,31-38H2/t45-,46-,47-,48+,49-,50-,51+,52-,53+,54+/m1/s1. The van der Waals surface area contributed by atoms with Crippen molar-refractivity contribution in [3.05, 3.63) is 215 Å². The topological polar surface area (TPSA) is 124 Å². The first-order valence-electron chi connectivity index (χ1n) is 22.3. The fourth-order valence-corrected chi connectivity index (χ4v) is 8.05. The van der Waals surface area contributed by atoms with Crippen LogP contribution in [0.15, 0.2) is 182 Å². The van der Waals surface area contributed by atoms with Crippen LogP contribution in [-0.4, -0.2) is 84.8 Å². The summed E-state index contributed by atoms with van der Waals surface area (Å²) in [6, 6.07) is 58.7. The largest absolute Gasteiger partial charge is 0.385 e. The Morgan fingerprint density at radius 1 is 0.338 bits per heavy atom. The molecule has 0 aliphatic carbocycles. The molecule has 0 aromatic heterocycles. The molecule has 0 bridgehead atoms. The first-order chi connectivity index (χ1) is 32.1. The predicted octanol–water partition coefficient (Wildman–Crippen LogP) is 7.95. The van der Waals surface area contributed by atoms with Crippen molar-refractivity contribution >= 4 is 0 Å². The van der Waals surface area contributed by atoms with E-state index in [9.17, 15) is 10.2 Å². The smallest absolute Gasteiger partial charge is 0.187 e. The predicted molar refractivity (Wildman–Crippen MR) is 243 cm³/mol. The van der Waals surface area contributed by atoms with Gasteiger partial charge in [0.15, 0.2) is 12.6 Å². The number of rotatable bonds is 22. The lowest BCUT2D eigenvalue weighted by atomic mass is 9.96. The molecule has 11 heteroatoms. The van der Waals surface area contributed by atoms with Gasteiger partial charge in [0.05, 0.1) is 52.9 Å². The van der Waals surface area contributed by atoms with Gasteiger partial charge in [0, 0.05) is 0 Å². The Bertz CT molecular complexity index is 2210. The molecule has 65 heavy (non-hydrogen) atoms. The summed E-state index contributed by atoms with van der Waals surface area (Å²) in [5.41, 5.74) is 5.63. The van der Waals surface area contributed by atoms with Gasteiger partial charge in [-0.2, -0.15) is 0 Å². The fourth-order valence-electron chi connectivity index (χ4n) is 8.05. The minimum atomic E-state index is -1.42. The zero-order valence-corrected chi connectivity index (χ0v) is 36.3. The van der Waals surface area contributed by atoms with E-state index >= 15 is 0 Å². The number of aliphatic hydroxyl groups excluding tert-OH is 2. The zero-order chi connectivity index (χ0) is 44.5. The maximum atomic E-state index is 12.5. The van der Waals surface area contributed by atoms with E-state index in [1.807, 2.05) is 182 Å². The molecule has 0 amide bonds. The van der Waals surface area contributed by atoms with Gasteiger partial charge < -0.3 is 52.8 Å². The van der Waals surface area contributed by atoms with Crippen molar-refractivity contribution in [2.24, 2.45) is 0 Å². The molecule has 2 aliphatic heterocycles. The van der Waals surface area contributed by atoms with Crippen molar-refractivity contribution in [2.75, 3.05) is 13.2 Å². The van der Waals surface area contributed by atoms with Gasteiger partial charge in [-0.25, -0.2) is 0 Å². The quantitative estimate of drug-likeness (QED) is 0.0691. The molecular weight excluding hydrogens is 825 g/mol. The highest BCUT2D eigenvalue weighted by Gasteiger charge is 2.53. The molecule has 0 saturated carbocycles. The van der Waals surface area contributed by atoms with Gasteiger partial charge in [-0.15, -0.1) is 0 Å². The minimum Gasteiger partial charge on any atom is -0.385 e. The Labute approximate surface area is 381 Å². The highest BCUT2D eigenvalue weighted by molar-refractivity contribution is 5.18. The Hall–Kier alpha value is -5.12. The van der Waals surface area contributed by atoms with Crippen molar-refractivity contribution in [3.63, 3.8) is 0 Å². The highest BCUT2D eigenvalue weighted by Crippen LogP contribution is 2.35. The van der Waals surface area contributed by atoms with E-state index in [4.69, 9.17) is 42.6 Å². The second kappa shape index (κ2) is 24.4. The van der Waals surface area contributed by atoms with E-state index in [1.54, 1.807) is 0 Å². The molecule has 2 aliphatic rings. The normalized spacial score (nSPS) is 25.6. The van der Waals surface area contributed by atoms with Gasteiger partial charge in [0.2, 0.25) is 0 Å². The number of hydrogen-bond donors (Lipinski definition) is 2. The third kappa shape index (κ3) is 13.5. The van der Waals surface area contributed by atoms with Gasteiger partial charge in [0.1, 0.15) is 48.8 Å². The van der Waals surface area contributed by atoms with Crippen LogP contribution in [0.25, 0.3) is 0 Å². The SMILES string of the molecule is O[C@H]1[C@H](O[C@H]2[C@H](OCc3ccccc3)[C@@H](OCc3ccccc3)[C@@H](O)O[C@@H]2COCc2ccccc2)O[C@H](COCc2ccccc2)[C@H](OCc2ccccc2)[C@@H]1OCc1ccccc1. The summed E-state index contributed by atoms with van der Waals surface area (Å²) in [4.78, 5) is 0. The third-order valence-corrected chi connectivity index (χ3v) is 11.4. The summed E-state index contributed by atoms with van der Waals surface area (Å²) in [7, 11) is 0. The molecule has 0 spiro atoms. The fraction of sp³-hybridized carbons (Fsp3) is 0.333. The number of ether oxygens (including phenoxy) is 9. The number of aliphatic hydroxyl groups is 2. The molecule has 0 unspecified atom stereocenters. The molecule has 10 atom stereocenters. The van der Waals surface area contributed by atoms with Gasteiger partial charge in [-0.05, 0) is 33.4 Å². The van der Waals surface area contributed by atoms with Crippen molar-refractivity contribution in [1.29, 1.82) is 0 Å². The molecule has 2 saturated heterocycles. The van der Waals surface area contributed by atoms with Crippen LogP contribution < -0.4 is 0 Å². The molecule has 6 aromatic rings. The van der Waals surface area contributed by atoms with Crippen molar-refractivity contribution in [1.82, 2.24) is 0 Å². The molecule has 0 radical (unpaired) electrons. The molecule has 2 heterocycles. The van der Waals surface area contributed by atoms with E-state index in [-0.39, 0.29) is 46.2 Å². The summed E-state index contributed by atoms with van der Waals surface area (Å²) in [6.45, 7) is 1.46. The van der Waals surface area contributed by atoms with Gasteiger partial charge in [-0.3, -0.25) is 0 Å². The van der Waals surface area contributed by atoms with Gasteiger partial charge in [-0.1, -0.05) is 182 Å². The number of hydrogen-bond acceptors (Lipinski definition) is 11. The monoisotopic (exact) mass is 882 g/mol. The van der Waals surface area contributed by atoms with Gasteiger partial charge in [0.25, 0.3) is 0 Å². The van der Waals surface area contributed by atoms with Crippen LogP contribution in [0.2, 0.25) is 0 Å². The summed E-state index contributed by atoms with van der Waals surface area (Å²) < 4.78 is 59.3. The first-order valence-corrected chi connectivity index (χ1v) is 22.3. The molecule has 11 nitrogen and oxygen atoms in total. The van der Waals surface area contributed by atoms with Crippen molar-refractivity contribution in [3.8, 4) is 0 Å². The van der Waals surface area contributed by atoms with Crippen molar-refractivity contribution in [2.45, 2.75) is 101 Å². The van der Waals surface area contributed by atoms with E-state index in [1.165, 1.54) is 0 Å². The lowest BCUT2D eigenvalue weighted by Crippen LogP contribution is -2.66.